The molecule has 14 heteroatoms. The zero-order chi connectivity index (χ0) is 25.8. The Hall–Kier alpha value is -3.34. The van der Waals surface area contributed by atoms with E-state index in [0.29, 0.717) is 15.9 Å². The molecule has 0 saturated carbocycles. The average molecular weight is 577 g/mol. The van der Waals surface area contributed by atoms with E-state index in [4.69, 9.17) is 31.0 Å². The lowest BCUT2D eigenvalue weighted by Crippen LogP contribution is -2.45. The van der Waals surface area contributed by atoms with Crippen molar-refractivity contribution in [1.82, 2.24) is 9.55 Å². The SMILES string of the molecule is CO[n+]1cc(OCCO)ccc1Cn1cnc(C(F)(F)F)c(Oc2cc(Br)cc(C#N)c2Cl)c1=O. The van der Waals surface area contributed by atoms with Crippen molar-refractivity contribution in [3.8, 4) is 23.3 Å². The number of benzene rings is 1. The Morgan fingerprint density at radius 3 is 2.71 bits per heavy atom. The van der Waals surface area contributed by atoms with Crippen LogP contribution in [-0.4, -0.2) is 35.0 Å². The van der Waals surface area contributed by atoms with E-state index in [1.807, 2.05) is 0 Å². The van der Waals surface area contributed by atoms with E-state index in [1.54, 1.807) is 6.07 Å². The number of nitrogens with zero attached hydrogens (tertiary/aromatic N) is 4. The van der Waals surface area contributed by atoms with Crippen molar-refractivity contribution in [2.75, 3.05) is 20.3 Å². The van der Waals surface area contributed by atoms with Crippen LogP contribution in [0.5, 0.6) is 17.2 Å². The van der Waals surface area contributed by atoms with E-state index in [2.05, 4.69) is 20.9 Å². The highest BCUT2D eigenvalue weighted by Gasteiger charge is 2.39. The second-order valence-electron chi connectivity index (χ2n) is 6.77. The Balaban J connectivity index is 2.07. The summed E-state index contributed by atoms with van der Waals surface area (Å²) in [6.07, 6.45) is -2.85. The van der Waals surface area contributed by atoms with Crippen molar-refractivity contribution in [1.29, 1.82) is 5.26 Å². The normalized spacial score (nSPS) is 11.1. The molecule has 0 atom stereocenters. The zero-order valence-electron chi connectivity index (χ0n) is 17.8. The summed E-state index contributed by atoms with van der Waals surface area (Å²) >= 11 is 9.21. The minimum atomic E-state index is -5.01. The van der Waals surface area contributed by atoms with Gasteiger partial charge in [-0.1, -0.05) is 27.5 Å². The third-order valence-corrected chi connectivity index (χ3v) is 5.31. The lowest BCUT2D eigenvalue weighted by molar-refractivity contribution is -0.890. The van der Waals surface area contributed by atoms with Gasteiger partial charge in [0.05, 0.1) is 18.5 Å². The molecule has 0 unspecified atom stereocenters. The molecule has 0 aliphatic rings. The molecule has 3 aromatic rings. The zero-order valence-corrected chi connectivity index (χ0v) is 20.2. The largest absolute Gasteiger partial charge is 0.485 e. The molecule has 1 N–H and O–H groups in total. The van der Waals surface area contributed by atoms with Gasteiger partial charge in [-0.05, 0) is 18.2 Å². The van der Waals surface area contributed by atoms with Gasteiger partial charge >= 0.3 is 6.18 Å². The lowest BCUT2D eigenvalue weighted by atomic mass is 10.2. The first-order valence-corrected chi connectivity index (χ1v) is 10.8. The van der Waals surface area contributed by atoms with Crippen LogP contribution in [-0.2, 0) is 12.7 Å². The van der Waals surface area contributed by atoms with Gasteiger partial charge in [0.1, 0.15) is 37.1 Å². The van der Waals surface area contributed by atoms with Crippen LogP contribution in [0.3, 0.4) is 0 Å². The van der Waals surface area contributed by atoms with Crippen LogP contribution in [0, 0.1) is 11.3 Å². The van der Waals surface area contributed by atoms with Crippen molar-refractivity contribution in [2.24, 2.45) is 0 Å². The van der Waals surface area contributed by atoms with E-state index in [0.717, 1.165) is 10.9 Å². The van der Waals surface area contributed by atoms with Gasteiger partial charge in [-0.2, -0.15) is 18.4 Å². The summed E-state index contributed by atoms with van der Waals surface area (Å²) in [5.41, 5.74) is -2.42. The summed E-state index contributed by atoms with van der Waals surface area (Å²) in [6.45, 7) is -0.413. The number of pyridine rings is 1. The minimum Gasteiger partial charge on any atom is -0.485 e. The van der Waals surface area contributed by atoms with Crippen molar-refractivity contribution < 1.29 is 37.3 Å². The van der Waals surface area contributed by atoms with Gasteiger partial charge < -0.3 is 14.6 Å². The average Bonchev–Trinajstić information content (AvgIpc) is 2.81. The molecule has 35 heavy (non-hydrogen) atoms. The molecule has 2 heterocycles. The van der Waals surface area contributed by atoms with Crippen LogP contribution >= 0.6 is 27.5 Å². The fourth-order valence-electron chi connectivity index (χ4n) is 2.92. The van der Waals surface area contributed by atoms with Gasteiger partial charge in [0.15, 0.2) is 11.4 Å². The standard InChI is InChI=1S/C21H16BrClF3N4O5/c1-33-30-10-15(34-5-4-31)3-2-14(30)9-29-11-28-19(21(24,25)26)18(20(29)32)35-16-7-13(22)6-12(8-27)17(16)23/h2-3,6-7,10-11,31H,4-5,9H2,1H3/q+1. The number of aromatic nitrogens is 3. The molecular weight excluding hydrogens is 561 g/mol. The predicted molar refractivity (Wildman–Crippen MR) is 118 cm³/mol. The van der Waals surface area contributed by atoms with E-state index >= 15 is 0 Å². The smallest absolute Gasteiger partial charge is 0.437 e. The van der Waals surface area contributed by atoms with E-state index in [-0.39, 0.29) is 36.1 Å². The Bertz CT molecular complexity index is 1340. The molecule has 0 spiro atoms. The third kappa shape index (κ3) is 6.02. The second-order valence-corrected chi connectivity index (χ2v) is 8.06. The number of aliphatic hydroxyl groups is 1. The third-order valence-electron chi connectivity index (χ3n) is 4.46. The van der Waals surface area contributed by atoms with Crippen LogP contribution in [0.15, 0.2) is 46.1 Å². The topological polar surface area (TPSA) is 110 Å². The second kappa shape index (κ2) is 10.9. The summed E-state index contributed by atoms with van der Waals surface area (Å²) in [7, 11) is 1.34. The quantitative estimate of drug-likeness (QED) is 0.411. The predicted octanol–water partition coefficient (Wildman–Crippen LogP) is 3.11. The monoisotopic (exact) mass is 575 g/mol. The summed E-state index contributed by atoms with van der Waals surface area (Å²) in [5.74, 6) is -1.10. The van der Waals surface area contributed by atoms with Crippen LogP contribution in [0.2, 0.25) is 5.02 Å². The van der Waals surface area contributed by atoms with Gasteiger partial charge in [0, 0.05) is 15.3 Å². The van der Waals surface area contributed by atoms with E-state index < -0.39 is 23.2 Å². The maximum atomic E-state index is 13.6. The van der Waals surface area contributed by atoms with Crippen molar-refractivity contribution in [3.63, 3.8) is 0 Å². The maximum absolute atomic E-state index is 13.6. The number of alkyl halides is 3. The highest BCUT2D eigenvalue weighted by molar-refractivity contribution is 9.10. The Kier molecular flexibility index (Phi) is 8.21. The fraction of sp³-hybridized carbons (Fsp3) is 0.238. The summed E-state index contributed by atoms with van der Waals surface area (Å²) in [4.78, 5) is 21.7. The number of ether oxygens (including phenoxy) is 2. The van der Waals surface area contributed by atoms with Crippen molar-refractivity contribution in [3.05, 3.63) is 73.6 Å². The van der Waals surface area contributed by atoms with Gasteiger partial charge in [-0.15, -0.1) is 0 Å². The molecule has 9 nitrogen and oxygen atoms in total. The van der Waals surface area contributed by atoms with Crippen molar-refractivity contribution >= 4 is 27.5 Å². The van der Waals surface area contributed by atoms with Gasteiger partial charge in [0.2, 0.25) is 5.75 Å². The molecule has 0 bridgehead atoms. The van der Waals surface area contributed by atoms with E-state index in [9.17, 15) is 23.2 Å². The van der Waals surface area contributed by atoms with Crippen molar-refractivity contribution in [2.45, 2.75) is 12.7 Å². The molecule has 0 fully saturated rings. The molecule has 2 aromatic heterocycles. The maximum Gasteiger partial charge on any atom is 0.437 e. The molecular formula is C21H16BrClF3N4O5+. The molecule has 3 rings (SSSR count). The lowest BCUT2D eigenvalue weighted by Gasteiger charge is -2.15. The molecule has 0 radical (unpaired) electrons. The van der Waals surface area contributed by atoms with Gasteiger partial charge in [0.25, 0.3) is 17.5 Å². The molecule has 0 aliphatic carbocycles. The number of halogens is 5. The Morgan fingerprint density at radius 1 is 1.34 bits per heavy atom. The molecule has 0 aliphatic heterocycles. The first-order valence-electron chi connectivity index (χ1n) is 9.65. The van der Waals surface area contributed by atoms with Gasteiger partial charge in [-0.3, -0.25) is 14.2 Å². The fourth-order valence-corrected chi connectivity index (χ4v) is 3.54. The number of aliphatic hydroxyl groups excluding tert-OH is 1. The van der Waals surface area contributed by atoms with Crippen LogP contribution < -0.4 is 24.6 Å². The molecule has 184 valence electrons. The highest BCUT2D eigenvalue weighted by Crippen LogP contribution is 2.38. The number of hydrogen-bond donors (Lipinski definition) is 1. The molecule has 1 aromatic carbocycles. The summed E-state index contributed by atoms with van der Waals surface area (Å²) in [5, 5.41) is 17.8. The first-order chi connectivity index (χ1) is 16.6. The highest BCUT2D eigenvalue weighted by atomic mass is 79.9. The summed E-state index contributed by atoms with van der Waals surface area (Å²) < 4.78 is 53.9. The number of rotatable bonds is 8. The van der Waals surface area contributed by atoms with E-state index in [1.165, 1.54) is 42.3 Å². The van der Waals surface area contributed by atoms with Crippen LogP contribution in [0.1, 0.15) is 17.0 Å². The molecule has 0 amide bonds. The first kappa shape index (κ1) is 26.3. The molecule has 0 saturated heterocycles. The number of hydrogen-bond acceptors (Lipinski definition) is 7. The number of nitriles is 1. The van der Waals surface area contributed by atoms with Crippen LogP contribution in [0.25, 0.3) is 0 Å². The van der Waals surface area contributed by atoms with Crippen LogP contribution in [0.4, 0.5) is 13.2 Å². The Morgan fingerprint density at radius 2 is 2.09 bits per heavy atom. The van der Waals surface area contributed by atoms with Gasteiger partial charge in [-0.25, -0.2) is 4.98 Å². The minimum absolute atomic E-state index is 0.0394. The Labute approximate surface area is 209 Å². The summed E-state index contributed by atoms with van der Waals surface area (Å²) in [6, 6.07) is 7.42.